The predicted octanol–water partition coefficient (Wildman–Crippen LogP) is 1.94. The first-order valence-corrected chi connectivity index (χ1v) is 5.81. The van der Waals surface area contributed by atoms with Crippen LogP contribution in [0.3, 0.4) is 0 Å². The van der Waals surface area contributed by atoms with Gasteiger partial charge in [0.05, 0.1) is 13.5 Å². The Kier molecular flexibility index (Phi) is 4.89. The summed E-state index contributed by atoms with van der Waals surface area (Å²) in [6.45, 7) is 3.84. The van der Waals surface area contributed by atoms with Crippen LogP contribution in [0, 0.1) is 6.92 Å². The number of benzene rings is 1. The molecule has 4 heteroatoms. The van der Waals surface area contributed by atoms with Gasteiger partial charge in [0.2, 0.25) is 5.91 Å². The zero-order valence-corrected chi connectivity index (χ0v) is 11.3. The summed E-state index contributed by atoms with van der Waals surface area (Å²) in [5.41, 5.74) is 2.05. The Labute approximate surface area is 108 Å². The number of carbonyl (C=O) groups is 2. The topological polar surface area (TPSA) is 46.6 Å². The molecule has 0 aromatic heterocycles. The molecule has 4 nitrogen and oxygen atoms in total. The van der Waals surface area contributed by atoms with Gasteiger partial charge in [0.15, 0.2) is 0 Å². The van der Waals surface area contributed by atoms with E-state index >= 15 is 0 Å². The Morgan fingerprint density at radius 3 is 2.56 bits per heavy atom. The lowest BCUT2D eigenvalue weighted by atomic mass is 10.1. The largest absolute Gasteiger partial charge is 0.496 e. The van der Waals surface area contributed by atoms with Crippen LogP contribution in [0.2, 0.25) is 0 Å². The fourth-order valence-corrected chi connectivity index (χ4v) is 1.72. The van der Waals surface area contributed by atoms with Gasteiger partial charge in [-0.2, -0.15) is 0 Å². The van der Waals surface area contributed by atoms with Gasteiger partial charge in [-0.15, -0.1) is 0 Å². The van der Waals surface area contributed by atoms with Gasteiger partial charge < -0.3 is 9.64 Å². The average molecular weight is 249 g/mol. The van der Waals surface area contributed by atoms with Gasteiger partial charge in [-0.3, -0.25) is 9.59 Å². The molecule has 0 atom stereocenters. The number of amides is 1. The highest BCUT2D eigenvalue weighted by molar-refractivity contribution is 5.96. The van der Waals surface area contributed by atoms with Crippen LogP contribution in [0.15, 0.2) is 18.2 Å². The summed E-state index contributed by atoms with van der Waals surface area (Å²) >= 11 is 0. The van der Waals surface area contributed by atoms with E-state index in [9.17, 15) is 9.59 Å². The minimum atomic E-state index is -0.175. The maximum Gasteiger partial charge on any atom is 0.230 e. The molecule has 0 saturated carbocycles. The number of Topliss-reactive ketones (excluding diaryl/α,β-unsaturated/α-hetero) is 1. The first kappa shape index (κ1) is 14.2. The second-order valence-electron chi connectivity index (χ2n) is 4.44. The normalized spacial score (nSPS) is 10.0. The fraction of sp³-hybridized carbons (Fsp3) is 0.429. The lowest BCUT2D eigenvalue weighted by Gasteiger charge is -2.18. The number of carbonyl (C=O) groups excluding carboxylic acids is 2. The van der Waals surface area contributed by atoms with Gasteiger partial charge in [-0.25, -0.2) is 0 Å². The van der Waals surface area contributed by atoms with Crippen LogP contribution >= 0.6 is 0 Å². The highest BCUT2D eigenvalue weighted by Gasteiger charge is 2.13. The first-order valence-electron chi connectivity index (χ1n) is 5.81. The first-order chi connectivity index (χ1) is 8.43. The van der Waals surface area contributed by atoms with Crippen LogP contribution in [0.25, 0.3) is 0 Å². The monoisotopic (exact) mass is 249 g/mol. The zero-order chi connectivity index (χ0) is 13.7. The van der Waals surface area contributed by atoms with E-state index < -0.39 is 0 Å². The van der Waals surface area contributed by atoms with Crippen molar-refractivity contribution in [2.75, 3.05) is 14.2 Å². The molecule has 1 amide bonds. The van der Waals surface area contributed by atoms with Gasteiger partial charge in [-0.05, 0) is 19.9 Å². The van der Waals surface area contributed by atoms with E-state index in [-0.39, 0.29) is 18.1 Å². The molecule has 0 heterocycles. The predicted molar refractivity (Wildman–Crippen MR) is 69.5 cm³/mol. The molecule has 0 aliphatic rings. The number of ether oxygens (including phenoxy) is 1. The summed E-state index contributed by atoms with van der Waals surface area (Å²) in [5, 5.41) is 0. The molecule has 0 radical (unpaired) electrons. The fourth-order valence-electron chi connectivity index (χ4n) is 1.72. The van der Waals surface area contributed by atoms with Crippen LogP contribution in [0.5, 0.6) is 5.75 Å². The number of methoxy groups -OCH3 is 1. The second-order valence-corrected chi connectivity index (χ2v) is 4.44. The summed E-state index contributed by atoms with van der Waals surface area (Å²) < 4.78 is 5.26. The van der Waals surface area contributed by atoms with E-state index in [1.807, 2.05) is 25.1 Å². The maximum absolute atomic E-state index is 11.7. The third-order valence-corrected chi connectivity index (χ3v) is 2.67. The number of hydrogen-bond acceptors (Lipinski definition) is 3. The number of hydrogen-bond donors (Lipinski definition) is 0. The molecule has 0 unspecified atom stereocenters. The third-order valence-electron chi connectivity index (χ3n) is 2.67. The van der Waals surface area contributed by atoms with Crippen LogP contribution in [-0.4, -0.2) is 30.7 Å². The van der Waals surface area contributed by atoms with Gasteiger partial charge in [0.25, 0.3) is 0 Å². The summed E-state index contributed by atoms with van der Waals surface area (Å²) in [6.07, 6.45) is -0.0510. The Morgan fingerprint density at radius 1 is 1.33 bits per heavy atom. The summed E-state index contributed by atoms with van der Waals surface area (Å²) in [7, 11) is 3.29. The van der Waals surface area contributed by atoms with Crippen molar-refractivity contribution < 1.29 is 14.3 Å². The highest BCUT2D eigenvalue weighted by Crippen LogP contribution is 2.21. The quantitative estimate of drug-likeness (QED) is 0.749. The van der Waals surface area contributed by atoms with Crippen LogP contribution in [-0.2, 0) is 16.1 Å². The third kappa shape index (κ3) is 3.87. The Balaban J connectivity index is 2.80. The van der Waals surface area contributed by atoms with Crippen LogP contribution < -0.4 is 4.74 Å². The Morgan fingerprint density at radius 2 is 2.00 bits per heavy atom. The minimum Gasteiger partial charge on any atom is -0.496 e. The molecule has 0 bridgehead atoms. The molecule has 1 aromatic rings. The Hall–Kier alpha value is -1.84. The zero-order valence-electron chi connectivity index (χ0n) is 11.3. The van der Waals surface area contributed by atoms with Crippen LogP contribution in [0.4, 0.5) is 0 Å². The molecule has 0 N–H and O–H groups in total. The van der Waals surface area contributed by atoms with Gasteiger partial charge in [-0.1, -0.05) is 17.7 Å². The highest BCUT2D eigenvalue weighted by atomic mass is 16.5. The van der Waals surface area contributed by atoms with E-state index in [1.165, 1.54) is 6.92 Å². The molecule has 0 aliphatic heterocycles. The van der Waals surface area contributed by atoms with Crippen molar-refractivity contribution in [2.45, 2.75) is 26.8 Å². The summed E-state index contributed by atoms with van der Waals surface area (Å²) in [4.78, 5) is 24.2. The van der Waals surface area contributed by atoms with E-state index in [2.05, 4.69) is 0 Å². The summed E-state index contributed by atoms with van der Waals surface area (Å²) in [6, 6.07) is 5.82. The van der Waals surface area contributed by atoms with Crippen molar-refractivity contribution >= 4 is 11.7 Å². The van der Waals surface area contributed by atoms with Crippen molar-refractivity contribution in [3.05, 3.63) is 29.3 Å². The maximum atomic E-state index is 11.7. The van der Waals surface area contributed by atoms with Gasteiger partial charge in [0, 0.05) is 19.2 Å². The molecule has 0 saturated heterocycles. The van der Waals surface area contributed by atoms with Crippen molar-refractivity contribution in [1.29, 1.82) is 0 Å². The molecular weight excluding hydrogens is 230 g/mol. The molecular formula is C14H19NO3. The van der Waals surface area contributed by atoms with Gasteiger partial charge in [0.1, 0.15) is 11.5 Å². The molecule has 0 spiro atoms. The standard InChI is InChI=1S/C14H19NO3/c1-10-5-6-13(18-4)12(7-10)9-15(3)14(17)8-11(2)16/h5-7H,8-9H2,1-4H3. The van der Waals surface area contributed by atoms with E-state index in [1.54, 1.807) is 19.1 Å². The van der Waals surface area contributed by atoms with Crippen molar-refractivity contribution in [2.24, 2.45) is 0 Å². The molecule has 0 aliphatic carbocycles. The van der Waals surface area contributed by atoms with Crippen LogP contribution in [0.1, 0.15) is 24.5 Å². The number of ketones is 1. The van der Waals surface area contributed by atoms with Gasteiger partial charge >= 0.3 is 0 Å². The lowest BCUT2D eigenvalue weighted by Crippen LogP contribution is -2.27. The smallest absolute Gasteiger partial charge is 0.230 e. The number of aryl methyl sites for hydroxylation is 1. The summed E-state index contributed by atoms with van der Waals surface area (Å²) in [5.74, 6) is 0.456. The second kappa shape index (κ2) is 6.19. The molecule has 18 heavy (non-hydrogen) atoms. The molecule has 98 valence electrons. The molecule has 1 aromatic carbocycles. The lowest BCUT2D eigenvalue weighted by molar-refractivity contribution is -0.134. The SMILES string of the molecule is COc1ccc(C)cc1CN(C)C(=O)CC(C)=O. The number of nitrogens with zero attached hydrogens (tertiary/aromatic N) is 1. The molecule has 0 fully saturated rings. The number of rotatable bonds is 5. The van der Waals surface area contributed by atoms with Crippen molar-refractivity contribution in [3.8, 4) is 5.75 Å². The average Bonchev–Trinajstić information content (AvgIpc) is 2.28. The Bertz CT molecular complexity index is 454. The van der Waals surface area contributed by atoms with E-state index in [0.29, 0.717) is 6.54 Å². The molecule has 1 rings (SSSR count). The minimum absolute atomic E-state index is 0.0510. The van der Waals surface area contributed by atoms with Crippen molar-refractivity contribution in [1.82, 2.24) is 4.90 Å². The van der Waals surface area contributed by atoms with Crippen molar-refractivity contribution in [3.63, 3.8) is 0 Å². The van der Waals surface area contributed by atoms with E-state index in [4.69, 9.17) is 4.74 Å². The van der Waals surface area contributed by atoms with E-state index in [0.717, 1.165) is 16.9 Å².